The summed E-state index contributed by atoms with van der Waals surface area (Å²) in [6.07, 6.45) is 4.24. The van der Waals surface area contributed by atoms with Crippen LogP contribution < -0.4 is 9.47 Å². The topological polar surface area (TPSA) is 72.8 Å². The molecule has 3 aromatic carbocycles. The molecule has 1 atom stereocenters. The number of rotatable bonds is 2. The number of Topliss-reactive ketones (excluding diaryl/α,β-unsaturated/α-hetero) is 2. The minimum Gasteiger partial charge on any atom is -0.482 e. The second kappa shape index (κ2) is 7.15. The van der Waals surface area contributed by atoms with E-state index in [0.717, 1.165) is 27.6 Å². The zero-order valence-electron chi connectivity index (χ0n) is 20.1. The van der Waals surface area contributed by atoms with Gasteiger partial charge in [0.25, 0.3) is 0 Å². The van der Waals surface area contributed by atoms with E-state index in [-0.39, 0.29) is 23.7 Å². The predicted octanol–water partition coefficient (Wildman–Crippen LogP) is 5.99. The second-order valence-corrected chi connectivity index (χ2v) is 10.7. The molecule has 0 bridgehead atoms. The van der Waals surface area contributed by atoms with Crippen LogP contribution in [0.1, 0.15) is 71.9 Å². The van der Waals surface area contributed by atoms with E-state index in [1.54, 1.807) is 38.1 Å². The number of ketones is 2. The van der Waals surface area contributed by atoms with Gasteiger partial charge in [-0.15, -0.1) is 0 Å². The minimum absolute atomic E-state index is 0.0570. The zero-order chi connectivity index (χ0) is 24.7. The molecule has 3 aromatic rings. The first-order chi connectivity index (χ1) is 16.6. The van der Waals surface area contributed by atoms with Crippen LogP contribution in [-0.4, -0.2) is 27.9 Å². The molecule has 0 spiro atoms. The SMILES string of the molecule is CC(C)(O)CC1C2=C(Oc3c1c1c(c4ccccc34)OC(C)(C)C=C1)C(=O)c1ccccc1C2=O. The van der Waals surface area contributed by atoms with Gasteiger partial charge < -0.3 is 14.6 Å². The van der Waals surface area contributed by atoms with Crippen LogP contribution in [0.4, 0.5) is 0 Å². The molecule has 3 aliphatic rings. The largest absolute Gasteiger partial charge is 0.482 e. The third-order valence-corrected chi connectivity index (χ3v) is 6.93. The van der Waals surface area contributed by atoms with Crippen molar-refractivity contribution in [2.45, 2.75) is 51.2 Å². The molecule has 6 rings (SSSR count). The molecule has 0 amide bonds. The quantitative estimate of drug-likeness (QED) is 0.502. The van der Waals surface area contributed by atoms with Crippen LogP contribution in [0.2, 0.25) is 0 Å². The summed E-state index contributed by atoms with van der Waals surface area (Å²) in [6.45, 7) is 7.42. The van der Waals surface area contributed by atoms with Crippen molar-refractivity contribution in [3.05, 3.63) is 88.2 Å². The smallest absolute Gasteiger partial charge is 0.229 e. The Labute approximate surface area is 203 Å². The summed E-state index contributed by atoms with van der Waals surface area (Å²) in [6, 6.07) is 14.6. The molecule has 5 heteroatoms. The molecule has 1 unspecified atom stereocenters. The summed E-state index contributed by atoms with van der Waals surface area (Å²) >= 11 is 0. The number of aliphatic hydroxyl groups is 1. The lowest BCUT2D eigenvalue weighted by molar-refractivity contribution is 0.0632. The van der Waals surface area contributed by atoms with Crippen LogP contribution >= 0.6 is 0 Å². The van der Waals surface area contributed by atoms with Crippen molar-refractivity contribution in [2.75, 3.05) is 0 Å². The third-order valence-electron chi connectivity index (χ3n) is 6.93. The normalized spacial score (nSPS) is 20.0. The van der Waals surface area contributed by atoms with Gasteiger partial charge in [-0.05, 0) is 40.2 Å². The summed E-state index contributed by atoms with van der Waals surface area (Å²) in [7, 11) is 0. The molecule has 1 aliphatic carbocycles. The van der Waals surface area contributed by atoms with E-state index in [2.05, 4.69) is 0 Å². The van der Waals surface area contributed by atoms with Crippen molar-refractivity contribution in [3.63, 3.8) is 0 Å². The molecule has 0 radical (unpaired) electrons. The average molecular weight is 467 g/mol. The molecule has 0 fully saturated rings. The highest BCUT2D eigenvalue weighted by Gasteiger charge is 2.46. The number of allylic oxidation sites excluding steroid dienone is 2. The molecule has 2 aliphatic heterocycles. The minimum atomic E-state index is -1.10. The lowest BCUT2D eigenvalue weighted by Crippen LogP contribution is -2.35. The van der Waals surface area contributed by atoms with Crippen molar-refractivity contribution < 1.29 is 24.2 Å². The first-order valence-electron chi connectivity index (χ1n) is 11.9. The molecule has 176 valence electrons. The molecule has 0 saturated carbocycles. The summed E-state index contributed by atoms with van der Waals surface area (Å²) in [4.78, 5) is 27.4. The van der Waals surface area contributed by atoms with Gasteiger partial charge >= 0.3 is 0 Å². The van der Waals surface area contributed by atoms with Gasteiger partial charge in [0.1, 0.15) is 17.1 Å². The summed E-state index contributed by atoms with van der Waals surface area (Å²) in [5.74, 6) is 0.221. The number of hydrogen-bond donors (Lipinski definition) is 1. The van der Waals surface area contributed by atoms with Crippen LogP contribution in [0.25, 0.3) is 16.8 Å². The Morgan fingerprint density at radius 2 is 1.51 bits per heavy atom. The van der Waals surface area contributed by atoms with Crippen LogP contribution in [-0.2, 0) is 0 Å². The third kappa shape index (κ3) is 3.26. The van der Waals surface area contributed by atoms with Gasteiger partial charge in [0.15, 0.2) is 11.5 Å². The van der Waals surface area contributed by atoms with Crippen LogP contribution in [0.5, 0.6) is 11.5 Å². The van der Waals surface area contributed by atoms with Crippen molar-refractivity contribution in [1.29, 1.82) is 0 Å². The second-order valence-electron chi connectivity index (χ2n) is 10.7. The number of carbonyl (C=O) groups excluding carboxylic acids is 2. The molecule has 0 saturated heterocycles. The van der Waals surface area contributed by atoms with Crippen LogP contribution in [0, 0.1) is 0 Å². The van der Waals surface area contributed by atoms with E-state index in [1.807, 2.05) is 50.3 Å². The summed E-state index contributed by atoms with van der Waals surface area (Å²) in [5, 5.41) is 12.6. The van der Waals surface area contributed by atoms with E-state index < -0.39 is 17.1 Å². The predicted molar refractivity (Wildman–Crippen MR) is 134 cm³/mol. The summed E-state index contributed by atoms with van der Waals surface area (Å²) < 4.78 is 12.8. The number of carbonyl (C=O) groups is 2. The number of ether oxygens (including phenoxy) is 2. The van der Waals surface area contributed by atoms with E-state index in [0.29, 0.717) is 22.4 Å². The number of hydrogen-bond acceptors (Lipinski definition) is 5. The van der Waals surface area contributed by atoms with Crippen molar-refractivity contribution in [1.82, 2.24) is 0 Å². The molecule has 1 N–H and O–H groups in total. The maximum atomic E-state index is 13.8. The molecule has 2 heterocycles. The first kappa shape index (κ1) is 21.8. The fourth-order valence-electron chi connectivity index (χ4n) is 5.47. The highest BCUT2D eigenvalue weighted by atomic mass is 16.5. The Balaban J connectivity index is 1.69. The fraction of sp³-hybridized carbons (Fsp3) is 0.267. The van der Waals surface area contributed by atoms with Gasteiger partial charge in [-0.1, -0.05) is 54.6 Å². The van der Waals surface area contributed by atoms with Crippen LogP contribution in [0.15, 0.2) is 65.9 Å². The van der Waals surface area contributed by atoms with Crippen LogP contribution in [0.3, 0.4) is 0 Å². The molecular formula is C30H26O5. The van der Waals surface area contributed by atoms with Gasteiger partial charge in [0, 0.05) is 38.9 Å². The molecule has 5 nitrogen and oxygen atoms in total. The van der Waals surface area contributed by atoms with Gasteiger partial charge in [0.05, 0.1) is 11.2 Å². The lowest BCUT2D eigenvalue weighted by Gasteiger charge is -2.38. The number of fused-ring (bicyclic) bond motifs is 7. The maximum absolute atomic E-state index is 13.8. The Morgan fingerprint density at radius 1 is 0.914 bits per heavy atom. The Bertz CT molecular complexity index is 1510. The zero-order valence-corrected chi connectivity index (χ0v) is 20.1. The van der Waals surface area contributed by atoms with Gasteiger partial charge in [-0.2, -0.15) is 0 Å². The lowest BCUT2D eigenvalue weighted by atomic mass is 9.72. The first-order valence-corrected chi connectivity index (χ1v) is 11.9. The maximum Gasteiger partial charge on any atom is 0.229 e. The van der Waals surface area contributed by atoms with E-state index in [1.165, 1.54) is 0 Å². The molecule has 0 aromatic heterocycles. The Hall–Kier alpha value is -3.70. The van der Waals surface area contributed by atoms with Gasteiger partial charge in [0.2, 0.25) is 5.78 Å². The fourth-order valence-corrected chi connectivity index (χ4v) is 5.47. The highest BCUT2D eigenvalue weighted by molar-refractivity contribution is 6.27. The molecule has 35 heavy (non-hydrogen) atoms. The van der Waals surface area contributed by atoms with Crippen molar-refractivity contribution in [3.8, 4) is 11.5 Å². The monoisotopic (exact) mass is 466 g/mol. The highest BCUT2D eigenvalue weighted by Crippen LogP contribution is 2.55. The molecular weight excluding hydrogens is 440 g/mol. The average Bonchev–Trinajstić information content (AvgIpc) is 2.81. The van der Waals surface area contributed by atoms with E-state index in [4.69, 9.17) is 9.47 Å². The van der Waals surface area contributed by atoms with Crippen molar-refractivity contribution in [2.24, 2.45) is 0 Å². The summed E-state index contributed by atoms with van der Waals surface area (Å²) in [5.41, 5.74) is 0.990. The van der Waals surface area contributed by atoms with Gasteiger partial charge in [-0.3, -0.25) is 9.59 Å². The van der Waals surface area contributed by atoms with Crippen molar-refractivity contribution >= 4 is 28.4 Å². The van der Waals surface area contributed by atoms with Gasteiger partial charge in [-0.25, -0.2) is 0 Å². The Kier molecular flexibility index (Phi) is 4.46. The van der Waals surface area contributed by atoms with E-state index >= 15 is 0 Å². The Morgan fingerprint density at radius 3 is 2.17 bits per heavy atom. The number of benzene rings is 3. The standard InChI is InChI=1S/C30H26O5/c1-29(2,33)15-21-22-20-13-14-30(3,4)35-26(20)18-11-7-8-12-19(18)27(22)34-28-23(21)24(31)16-9-5-6-10-17(16)25(28)32/h5-14,21,33H,15H2,1-4H3. The van der Waals surface area contributed by atoms with E-state index in [9.17, 15) is 14.7 Å².